The average Bonchev–Trinajstić information content (AvgIpc) is 3.21. The van der Waals surface area contributed by atoms with Crippen LogP contribution in [0.25, 0.3) is 0 Å². The fraction of sp³-hybridized carbons (Fsp3) is 0.500. The first kappa shape index (κ1) is 19.2. The third-order valence-corrected chi connectivity index (χ3v) is 6.28. The first-order valence-electron chi connectivity index (χ1n) is 9.85. The molecule has 0 spiro atoms. The second-order valence-corrected chi connectivity index (χ2v) is 8.31. The summed E-state index contributed by atoms with van der Waals surface area (Å²) < 4.78 is 40.1. The van der Waals surface area contributed by atoms with Gasteiger partial charge < -0.3 is 9.47 Å². The van der Waals surface area contributed by atoms with Gasteiger partial charge in [0.1, 0.15) is 0 Å². The zero-order valence-corrected chi connectivity index (χ0v) is 16.0. The van der Waals surface area contributed by atoms with Gasteiger partial charge >= 0.3 is 6.18 Å². The molecule has 0 amide bonds. The SMILES string of the molecule is Cc1ccn(CCCCN2C[C@@H]3C[C@]3(c3ccc(C(F)(F)F)cc3)C2)c(=O)c1. The maximum absolute atomic E-state index is 12.8. The van der Waals surface area contributed by atoms with E-state index in [0.29, 0.717) is 5.92 Å². The molecule has 1 aromatic carbocycles. The van der Waals surface area contributed by atoms with Crippen LogP contribution in [-0.2, 0) is 18.1 Å². The van der Waals surface area contributed by atoms with E-state index in [1.807, 2.05) is 19.2 Å². The van der Waals surface area contributed by atoms with Crippen molar-refractivity contribution in [2.24, 2.45) is 5.92 Å². The largest absolute Gasteiger partial charge is 0.416 e. The second kappa shape index (κ2) is 7.07. The van der Waals surface area contributed by atoms with E-state index in [2.05, 4.69) is 4.90 Å². The summed E-state index contributed by atoms with van der Waals surface area (Å²) in [7, 11) is 0. The van der Waals surface area contributed by atoms with Crippen LogP contribution in [-0.4, -0.2) is 29.1 Å². The number of nitrogens with zero attached hydrogens (tertiary/aromatic N) is 2. The van der Waals surface area contributed by atoms with Crippen LogP contribution in [0.1, 0.15) is 36.0 Å². The van der Waals surface area contributed by atoms with Gasteiger partial charge in [-0.05, 0) is 68.0 Å². The number of unbranched alkanes of at least 4 members (excludes halogenated alkanes) is 1. The lowest BCUT2D eigenvalue weighted by Gasteiger charge is -2.21. The van der Waals surface area contributed by atoms with Gasteiger partial charge in [-0.15, -0.1) is 0 Å². The molecule has 28 heavy (non-hydrogen) atoms. The molecule has 1 saturated carbocycles. The number of halogens is 3. The molecule has 2 aliphatic rings. The zero-order chi connectivity index (χ0) is 19.9. The Kier molecular flexibility index (Phi) is 4.86. The summed E-state index contributed by atoms with van der Waals surface area (Å²) in [6.07, 6.45) is 0.601. The molecule has 1 aromatic heterocycles. The fourth-order valence-corrected chi connectivity index (χ4v) is 4.60. The van der Waals surface area contributed by atoms with Crippen molar-refractivity contribution in [3.8, 4) is 0 Å². The smallest absolute Gasteiger partial charge is 0.316 e. The summed E-state index contributed by atoms with van der Waals surface area (Å²) in [6.45, 7) is 5.55. The number of aromatic nitrogens is 1. The molecule has 2 aromatic rings. The highest BCUT2D eigenvalue weighted by atomic mass is 19.4. The van der Waals surface area contributed by atoms with Crippen molar-refractivity contribution in [1.29, 1.82) is 0 Å². The predicted octanol–water partition coefficient (Wildman–Crippen LogP) is 4.23. The molecule has 1 aliphatic heterocycles. The highest BCUT2D eigenvalue weighted by molar-refractivity contribution is 5.39. The summed E-state index contributed by atoms with van der Waals surface area (Å²) >= 11 is 0. The Morgan fingerprint density at radius 2 is 1.82 bits per heavy atom. The Labute approximate surface area is 162 Å². The number of likely N-dealkylation sites (tertiary alicyclic amines) is 1. The van der Waals surface area contributed by atoms with Gasteiger partial charge in [0.05, 0.1) is 5.56 Å². The summed E-state index contributed by atoms with van der Waals surface area (Å²) in [4.78, 5) is 14.3. The normalized spacial score (nSPS) is 24.4. The Bertz CT molecular complexity index is 903. The Hall–Kier alpha value is -2.08. The second-order valence-electron chi connectivity index (χ2n) is 8.31. The standard InChI is InChI=1S/C22H25F3N2O/c1-16-8-11-27(20(28)12-16)10-3-2-9-26-14-19-13-21(19,15-26)17-4-6-18(7-5-17)22(23,24)25/h4-8,11-12,19H,2-3,9-10,13-15H2,1H3/t19-,21+/m0/s1. The quantitative estimate of drug-likeness (QED) is 0.690. The minimum atomic E-state index is -4.28. The van der Waals surface area contributed by atoms with Gasteiger partial charge in [0.25, 0.3) is 5.56 Å². The highest BCUT2D eigenvalue weighted by Crippen LogP contribution is 2.59. The van der Waals surface area contributed by atoms with Crippen molar-refractivity contribution in [2.45, 2.75) is 44.3 Å². The van der Waals surface area contributed by atoms with Crippen molar-refractivity contribution in [3.05, 3.63) is 69.6 Å². The molecular weight excluding hydrogens is 365 g/mol. The van der Waals surface area contributed by atoms with E-state index in [4.69, 9.17) is 0 Å². The number of rotatable bonds is 6. The van der Waals surface area contributed by atoms with E-state index in [0.717, 1.165) is 56.6 Å². The Morgan fingerprint density at radius 3 is 2.50 bits per heavy atom. The number of fused-ring (bicyclic) bond motifs is 1. The third kappa shape index (κ3) is 3.75. The van der Waals surface area contributed by atoms with Gasteiger partial charge in [-0.25, -0.2) is 0 Å². The molecule has 0 N–H and O–H groups in total. The van der Waals surface area contributed by atoms with Crippen molar-refractivity contribution >= 4 is 0 Å². The lowest BCUT2D eigenvalue weighted by atomic mass is 9.94. The molecule has 2 atom stereocenters. The monoisotopic (exact) mass is 390 g/mol. The van der Waals surface area contributed by atoms with Gasteiger partial charge in [0, 0.05) is 37.3 Å². The van der Waals surface area contributed by atoms with E-state index in [9.17, 15) is 18.0 Å². The highest BCUT2D eigenvalue weighted by Gasteiger charge is 2.60. The van der Waals surface area contributed by atoms with E-state index in [1.165, 1.54) is 12.1 Å². The van der Waals surface area contributed by atoms with Crippen molar-refractivity contribution < 1.29 is 13.2 Å². The summed E-state index contributed by atoms with van der Waals surface area (Å²) in [6, 6.07) is 9.35. The fourth-order valence-electron chi connectivity index (χ4n) is 4.60. The topological polar surface area (TPSA) is 25.2 Å². The van der Waals surface area contributed by atoms with Gasteiger partial charge in [0.2, 0.25) is 0 Å². The minimum absolute atomic E-state index is 0.0451. The van der Waals surface area contributed by atoms with Crippen LogP contribution in [0.5, 0.6) is 0 Å². The lowest BCUT2D eigenvalue weighted by molar-refractivity contribution is -0.137. The number of piperidine rings is 1. The van der Waals surface area contributed by atoms with Gasteiger partial charge in [-0.2, -0.15) is 13.2 Å². The van der Waals surface area contributed by atoms with Crippen LogP contribution in [0, 0.1) is 12.8 Å². The summed E-state index contributed by atoms with van der Waals surface area (Å²) in [5.41, 5.74) is 1.54. The number of alkyl halides is 3. The number of benzene rings is 1. The maximum Gasteiger partial charge on any atom is 0.416 e. The molecule has 1 saturated heterocycles. The van der Waals surface area contributed by atoms with Crippen LogP contribution in [0.15, 0.2) is 47.4 Å². The van der Waals surface area contributed by atoms with Crippen LogP contribution >= 0.6 is 0 Å². The Morgan fingerprint density at radius 1 is 1.11 bits per heavy atom. The van der Waals surface area contributed by atoms with Crippen LogP contribution < -0.4 is 5.56 Å². The molecule has 6 heteroatoms. The van der Waals surface area contributed by atoms with Gasteiger partial charge in [-0.1, -0.05) is 12.1 Å². The number of hydrogen-bond donors (Lipinski definition) is 0. The molecule has 1 aliphatic carbocycles. The van der Waals surface area contributed by atoms with Gasteiger partial charge in [-0.3, -0.25) is 4.79 Å². The van der Waals surface area contributed by atoms with Crippen molar-refractivity contribution in [3.63, 3.8) is 0 Å². The minimum Gasteiger partial charge on any atom is -0.316 e. The molecule has 2 fully saturated rings. The van der Waals surface area contributed by atoms with Crippen LogP contribution in [0.4, 0.5) is 13.2 Å². The first-order valence-corrected chi connectivity index (χ1v) is 9.85. The van der Waals surface area contributed by atoms with Crippen molar-refractivity contribution in [2.75, 3.05) is 19.6 Å². The number of hydrogen-bond acceptors (Lipinski definition) is 2. The zero-order valence-electron chi connectivity index (χ0n) is 16.0. The lowest BCUT2D eigenvalue weighted by Crippen LogP contribution is -2.28. The molecule has 0 unspecified atom stereocenters. The van der Waals surface area contributed by atoms with E-state index in [1.54, 1.807) is 22.8 Å². The molecule has 4 rings (SSSR count). The molecule has 150 valence electrons. The Balaban J connectivity index is 1.28. The van der Waals surface area contributed by atoms with E-state index >= 15 is 0 Å². The van der Waals surface area contributed by atoms with Gasteiger partial charge in [0.15, 0.2) is 0 Å². The van der Waals surface area contributed by atoms with E-state index in [-0.39, 0.29) is 11.0 Å². The first-order chi connectivity index (χ1) is 13.3. The molecule has 2 heterocycles. The molecule has 0 bridgehead atoms. The summed E-state index contributed by atoms with van der Waals surface area (Å²) in [5.74, 6) is 0.559. The van der Waals surface area contributed by atoms with Crippen LogP contribution in [0.3, 0.4) is 0 Å². The molecule has 0 radical (unpaired) electrons. The van der Waals surface area contributed by atoms with Crippen molar-refractivity contribution in [1.82, 2.24) is 9.47 Å². The molecular formula is C22H25F3N2O. The molecule has 3 nitrogen and oxygen atoms in total. The maximum atomic E-state index is 12.8. The predicted molar refractivity (Wildman–Crippen MR) is 102 cm³/mol. The number of pyridine rings is 1. The third-order valence-electron chi connectivity index (χ3n) is 6.28. The van der Waals surface area contributed by atoms with Crippen LogP contribution in [0.2, 0.25) is 0 Å². The average molecular weight is 390 g/mol. The number of aryl methyl sites for hydroxylation is 2. The summed E-state index contributed by atoms with van der Waals surface area (Å²) in [5, 5.41) is 0. The van der Waals surface area contributed by atoms with E-state index < -0.39 is 11.7 Å².